The molecule has 0 saturated heterocycles. The molecule has 2 aromatic carbocycles. The van der Waals surface area contributed by atoms with Gasteiger partial charge in [0.05, 0.1) is 5.39 Å². The Bertz CT molecular complexity index is 1140. The molecule has 25 heavy (non-hydrogen) atoms. The molecule has 0 atom stereocenters. The van der Waals surface area contributed by atoms with Crippen molar-refractivity contribution < 1.29 is 5.11 Å². The van der Waals surface area contributed by atoms with Crippen molar-refractivity contribution in [3.63, 3.8) is 0 Å². The van der Waals surface area contributed by atoms with E-state index in [4.69, 9.17) is 11.6 Å². The molecule has 0 aliphatic heterocycles. The zero-order valence-corrected chi connectivity index (χ0v) is 14.8. The van der Waals surface area contributed by atoms with Crippen LogP contribution < -0.4 is 5.32 Å². The number of aryl methyl sites for hydroxylation is 2. The van der Waals surface area contributed by atoms with E-state index >= 15 is 0 Å². The molecule has 4 aromatic rings. The Balaban J connectivity index is 1.72. The quantitative estimate of drug-likeness (QED) is 0.463. The van der Waals surface area contributed by atoms with Gasteiger partial charge in [0, 0.05) is 21.3 Å². The molecule has 5 rings (SSSR count). The van der Waals surface area contributed by atoms with Crippen LogP contribution in [0, 0.1) is 0 Å². The highest BCUT2D eigenvalue weighted by atomic mass is 35.5. The molecule has 0 fully saturated rings. The second-order valence-electron chi connectivity index (χ2n) is 6.18. The maximum absolute atomic E-state index is 10.1. The molecular weight excluding hydrogens is 354 g/mol. The average molecular weight is 368 g/mol. The first kappa shape index (κ1) is 14.9. The van der Waals surface area contributed by atoms with Crippen LogP contribution >= 0.6 is 22.9 Å². The first-order valence-corrected chi connectivity index (χ1v) is 9.35. The largest absolute Gasteiger partial charge is 0.507 e. The molecule has 0 amide bonds. The number of phenols is 1. The van der Waals surface area contributed by atoms with Gasteiger partial charge in [-0.3, -0.25) is 0 Å². The lowest BCUT2D eigenvalue weighted by molar-refractivity contribution is 0.481. The van der Waals surface area contributed by atoms with E-state index < -0.39 is 0 Å². The number of hydrogen-bond donors (Lipinski definition) is 2. The third-order valence-electron chi connectivity index (χ3n) is 4.69. The molecule has 6 heteroatoms. The van der Waals surface area contributed by atoms with Gasteiger partial charge in [0.1, 0.15) is 16.4 Å². The van der Waals surface area contributed by atoms with Crippen LogP contribution in [0.2, 0.25) is 5.28 Å². The second-order valence-corrected chi connectivity index (χ2v) is 7.60. The number of benzene rings is 2. The lowest BCUT2D eigenvalue weighted by atomic mass is 10.1. The molecular formula is C19H14ClN3OS. The van der Waals surface area contributed by atoms with E-state index in [-0.39, 0.29) is 11.0 Å². The zero-order valence-electron chi connectivity index (χ0n) is 13.2. The van der Waals surface area contributed by atoms with E-state index in [0.717, 1.165) is 45.3 Å². The summed E-state index contributed by atoms with van der Waals surface area (Å²) in [5.74, 6) is 1.01. The minimum absolute atomic E-state index is 0.248. The fourth-order valence-corrected chi connectivity index (χ4v) is 5.07. The van der Waals surface area contributed by atoms with Crippen LogP contribution in [0.15, 0.2) is 36.4 Å². The molecule has 0 radical (unpaired) electrons. The number of rotatable bonds is 2. The van der Waals surface area contributed by atoms with Gasteiger partial charge in [-0.1, -0.05) is 24.3 Å². The van der Waals surface area contributed by atoms with Gasteiger partial charge in [0.15, 0.2) is 0 Å². The summed E-state index contributed by atoms with van der Waals surface area (Å²) in [4.78, 5) is 11.2. The number of aromatic hydroxyl groups is 1. The lowest BCUT2D eigenvalue weighted by Crippen LogP contribution is -1.98. The third-order valence-corrected chi connectivity index (χ3v) is 6.04. The number of fused-ring (bicyclic) bond motifs is 4. The topological polar surface area (TPSA) is 58.0 Å². The minimum atomic E-state index is 0.248. The van der Waals surface area contributed by atoms with Gasteiger partial charge in [-0.05, 0) is 48.6 Å². The maximum Gasteiger partial charge on any atom is 0.225 e. The van der Waals surface area contributed by atoms with E-state index in [1.54, 1.807) is 17.4 Å². The van der Waals surface area contributed by atoms with Gasteiger partial charge >= 0.3 is 0 Å². The monoisotopic (exact) mass is 367 g/mol. The fraction of sp³-hybridized carbons (Fsp3) is 0.158. The SMILES string of the molecule is Oc1cccc2c(Nc3nc(Cl)nc4sc5c(c34)CCC5)cccc12. The molecule has 2 aromatic heterocycles. The van der Waals surface area contributed by atoms with Crippen LogP contribution in [0.5, 0.6) is 5.75 Å². The van der Waals surface area contributed by atoms with Crippen LogP contribution in [0.4, 0.5) is 11.5 Å². The van der Waals surface area contributed by atoms with Gasteiger partial charge in [-0.15, -0.1) is 11.3 Å². The summed E-state index contributed by atoms with van der Waals surface area (Å²) < 4.78 is 0. The molecule has 1 aliphatic carbocycles. The smallest absolute Gasteiger partial charge is 0.225 e. The highest BCUT2D eigenvalue weighted by Gasteiger charge is 2.22. The molecule has 0 spiro atoms. The zero-order chi connectivity index (χ0) is 17.0. The van der Waals surface area contributed by atoms with E-state index in [1.807, 2.05) is 30.3 Å². The maximum atomic E-state index is 10.1. The van der Waals surface area contributed by atoms with Crippen molar-refractivity contribution >= 4 is 55.4 Å². The molecule has 0 saturated carbocycles. The van der Waals surface area contributed by atoms with Gasteiger partial charge in [0.2, 0.25) is 5.28 Å². The van der Waals surface area contributed by atoms with E-state index in [0.29, 0.717) is 0 Å². The summed E-state index contributed by atoms with van der Waals surface area (Å²) in [6.07, 6.45) is 3.35. The Labute approximate surface area is 153 Å². The molecule has 4 nitrogen and oxygen atoms in total. The number of nitrogens with one attached hydrogen (secondary N) is 1. The summed E-state index contributed by atoms with van der Waals surface area (Å²) in [5.41, 5.74) is 2.24. The van der Waals surface area contributed by atoms with Crippen LogP contribution in [-0.4, -0.2) is 15.1 Å². The predicted molar refractivity (Wildman–Crippen MR) is 103 cm³/mol. The van der Waals surface area contributed by atoms with Crippen LogP contribution in [-0.2, 0) is 12.8 Å². The predicted octanol–water partition coefficient (Wildman–Crippen LogP) is 5.44. The van der Waals surface area contributed by atoms with E-state index in [1.165, 1.54) is 16.9 Å². The van der Waals surface area contributed by atoms with Crippen molar-refractivity contribution in [1.29, 1.82) is 0 Å². The van der Waals surface area contributed by atoms with Gasteiger partial charge in [-0.25, -0.2) is 4.98 Å². The average Bonchev–Trinajstić information content (AvgIpc) is 3.16. The number of halogens is 1. The van der Waals surface area contributed by atoms with E-state index in [2.05, 4.69) is 15.3 Å². The summed E-state index contributed by atoms with van der Waals surface area (Å²) in [6.45, 7) is 0. The number of hydrogen-bond acceptors (Lipinski definition) is 5. The highest BCUT2D eigenvalue weighted by Crippen LogP contribution is 2.41. The number of nitrogens with zero attached hydrogens (tertiary/aromatic N) is 2. The summed E-state index contributed by atoms with van der Waals surface area (Å²) >= 11 is 7.88. The molecule has 0 unspecified atom stereocenters. The van der Waals surface area contributed by atoms with Gasteiger partial charge in [0.25, 0.3) is 0 Å². The standard InChI is InChI=1S/C19H14ClN3OS/c20-19-22-17(16-12-6-3-9-15(12)25-18(16)23-19)21-13-7-1-5-11-10(13)4-2-8-14(11)24/h1-2,4-5,7-8,24H,3,6,9H2,(H,21,22,23). The highest BCUT2D eigenvalue weighted by molar-refractivity contribution is 7.19. The number of aromatic nitrogens is 2. The molecule has 2 N–H and O–H groups in total. The van der Waals surface area contributed by atoms with Crippen molar-refractivity contribution in [3.8, 4) is 5.75 Å². The normalized spacial score (nSPS) is 13.5. The van der Waals surface area contributed by atoms with Crippen molar-refractivity contribution in [3.05, 3.63) is 52.1 Å². The lowest BCUT2D eigenvalue weighted by Gasteiger charge is -2.11. The van der Waals surface area contributed by atoms with Crippen molar-refractivity contribution in [2.45, 2.75) is 19.3 Å². The summed E-state index contributed by atoms with van der Waals surface area (Å²) in [7, 11) is 0. The Hall–Kier alpha value is -2.37. The Morgan fingerprint density at radius 1 is 1.04 bits per heavy atom. The second kappa shape index (κ2) is 5.58. The fourth-order valence-electron chi connectivity index (χ4n) is 3.59. The summed E-state index contributed by atoms with van der Waals surface area (Å²) in [5, 5.41) is 16.6. The van der Waals surface area contributed by atoms with Gasteiger partial charge < -0.3 is 10.4 Å². The number of thiophene rings is 1. The van der Waals surface area contributed by atoms with Crippen LogP contribution in [0.3, 0.4) is 0 Å². The number of phenolic OH excluding ortho intramolecular Hbond substituents is 1. The molecule has 0 bridgehead atoms. The minimum Gasteiger partial charge on any atom is -0.507 e. The molecule has 1 aliphatic rings. The van der Waals surface area contributed by atoms with Crippen LogP contribution in [0.1, 0.15) is 16.9 Å². The van der Waals surface area contributed by atoms with Crippen LogP contribution in [0.25, 0.3) is 21.0 Å². The van der Waals surface area contributed by atoms with Gasteiger partial charge in [-0.2, -0.15) is 4.98 Å². The molecule has 2 heterocycles. The molecule has 124 valence electrons. The first-order valence-electron chi connectivity index (χ1n) is 8.16. The Kier molecular flexibility index (Phi) is 3.33. The Morgan fingerprint density at radius 2 is 1.88 bits per heavy atom. The van der Waals surface area contributed by atoms with Crippen molar-refractivity contribution in [1.82, 2.24) is 9.97 Å². The van der Waals surface area contributed by atoms with Crippen molar-refractivity contribution in [2.75, 3.05) is 5.32 Å². The van der Waals surface area contributed by atoms with Crippen molar-refractivity contribution in [2.24, 2.45) is 0 Å². The number of anilines is 2. The summed E-state index contributed by atoms with van der Waals surface area (Å²) in [6, 6.07) is 11.3. The van der Waals surface area contributed by atoms with E-state index in [9.17, 15) is 5.11 Å². The first-order chi connectivity index (χ1) is 12.2. The third kappa shape index (κ3) is 2.34. The Morgan fingerprint density at radius 3 is 2.80 bits per heavy atom.